The molecule has 0 unspecified atom stereocenters. The lowest BCUT2D eigenvalue weighted by Crippen LogP contribution is -2.50. The molecule has 4 rings (SSSR count). The molecule has 1 aromatic heterocycles. The highest BCUT2D eigenvalue weighted by atomic mass is 32.2. The van der Waals surface area contributed by atoms with E-state index in [1.807, 2.05) is 41.0 Å². The number of aryl methyl sites for hydroxylation is 1. The predicted molar refractivity (Wildman–Crippen MR) is 131 cm³/mol. The Bertz CT molecular complexity index is 915. The Morgan fingerprint density at radius 2 is 1.78 bits per heavy atom. The van der Waals surface area contributed by atoms with Crippen molar-refractivity contribution in [1.29, 1.82) is 0 Å². The number of thioether (sulfide) groups is 1. The summed E-state index contributed by atoms with van der Waals surface area (Å²) in [4.78, 5) is 35.3. The van der Waals surface area contributed by atoms with Crippen LogP contribution < -0.4 is 0 Å². The first kappa shape index (κ1) is 23.3. The Balaban J connectivity index is 1.28. The van der Waals surface area contributed by atoms with Crippen LogP contribution in [0.15, 0.2) is 34.5 Å². The Kier molecular flexibility index (Phi) is 8.25. The second kappa shape index (κ2) is 11.3. The molecule has 1 saturated heterocycles. The average Bonchev–Trinajstić information content (AvgIpc) is 3.26. The second-order valence-corrected chi connectivity index (χ2v) is 10.9. The van der Waals surface area contributed by atoms with Crippen molar-refractivity contribution >= 4 is 34.9 Å². The van der Waals surface area contributed by atoms with E-state index in [2.05, 4.69) is 10.4 Å². The van der Waals surface area contributed by atoms with Crippen molar-refractivity contribution in [2.24, 2.45) is 5.92 Å². The lowest BCUT2D eigenvalue weighted by atomic mass is 9.86. The van der Waals surface area contributed by atoms with Gasteiger partial charge in [-0.3, -0.25) is 9.59 Å². The fourth-order valence-corrected chi connectivity index (χ4v) is 6.34. The number of carbonyl (C=O) groups excluding carboxylic acids is 2. The largest absolute Gasteiger partial charge is 0.339 e. The molecular weight excluding hydrogens is 438 g/mol. The van der Waals surface area contributed by atoms with Gasteiger partial charge in [-0.15, -0.1) is 23.1 Å². The molecular formula is C25H33N3O2S2. The third-order valence-electron chi connectivity index (χ3n) is 6.57. The number of piperazine rings is 1. The Morgan fingerprint density at radius 3 is 2.50 bits per heavy atom. The number of rotatable bonds is 7. The maximum absolute atomic E-state index is 13.2. The van der Waals surface area contributed by atoms with E-state index in [-0.39, 0.29) is 11.8 Å². The van der Waals surface area contributed by atoms with Gasteiger partial charge in [0.25, 0.3) is 5.91 Å². The van der Waals surface area contributed by atoms with Gasteiger partial charge >= 0.3 is 0 Å². The first-order valence-corrected chi connectivity index (χ1v) is 13.7. The Hall–Kier alpha value is -1.86. The molecule has 2 aliphatic rings. The van der Waals surface area contributed by atoms with Crippen LogP contribution >= 0.6 is 23.1 Å². The summed E-state index contributed by atoms with van der Waals surface area (Å²) in [6.45, 7) is 4.51. The van der Waals surface area contributed by atoms with E-state index in [4.69, 9.17) is 0 Å². The number of benzene rings is 1. The van der Waals surface area contributed by atoms with Gasteiger partial charge in [0.05, 0.1) is 16.3 Å². The quantitative estimate of drug-likeness (QED) is 0.508. The van der Waals surface area contributed by atoms with Crippen molar-refractivity contribution in [1.82, 2.24) is 14.8 Å². The minimum atomic E-state index is 0.0665. The van der Waals surface area contributed by atoms with E-state index in [0.29, 0.717) is 32.6 Å². The van der Waals surface area contributed by atoms with Crippen molar-refractivity contribution in [2.75, 3.05) is 26.2 Å². The van der Waals surface area contributed by atoms with Gasteiger partial charge < -0.3 is 9.80 Å². The molecule has 1 aromatic carbocycles. The molecule has 0 N–H and O–H groups in total. The highest BCUT2D eigenvalue weighted by Gasteiger charge is 2.26. The molecule has 0 spiro atoms. The molecule has 172 valence electrons. The number of aromatic nitrogens is 1. The van der Waals surface area contributed by atoms with Crippen LogP contribution in [-0.4, -0.2) is 52.8 Å². The van der Waals surface area contributed by atoms with Crippen LogP contribution in [0, 0.1) is 12.8 Å². The van der Waals surface area contributed by atoms with Crippen LogP contribution in [-0.2, 0) is 10.5 Å². The van der Waals surface area contributed by atoms with E-state index >= 15 is 0 Å². The molecule has 2 aromatic rings. The molecule has 5 nitrogen and oxygen atoms in total. The third-order valence-corrected chi connectivity index (χ3v) is 8.50. The molecule has 0 atom stereocenters. The molecule has 32 heavy (non-hydrogen) atoms. The van der Waals surface area contributed by atoms with Gasteiger partial charge in [0.1, 0.15) is 0 Å². The first-order chi connectivity index (χ1) is 15.6. The minimum Gasteiger partial charge on any atom is -0.339 e. The lowest BCUT2D eigenvalue weighted by molar-refractivity contribution is -0.133. The third kappa shape index (κ3) is 6.13. The summed E-state index contributed by atoms with van der Waals surface area (Å²) in [5.74, 6) is 1.82. The van der Waals surface area contributed by atoms with Gasteiger partial charge in [-0.2, -0.15) is 0 Å². The highest BCUT2D eigenvalue weighted by molar-refractivity contribution is 7.98. The Labute approximate surface area is 199 Å². The van der Waals surface area contributed by atoms with Crippen molar-refractivity contribution in [3.05, 3.63) is 45.9 Å². The summed E-state index contributed by atoms with van der Waals surface area (Å²) in [5.41, 5.74) is 1.81. The number of nitrogens with zero attached hydrogens (tertiary/aromatic N) is 3. The van der Waals surface area contributed by atoms with Crippen LogP contribution in [0.25, 0.3) is 0 Å². The van der Waals surface area contributed by atoms with Gasteiger partial charge in [-0.05, 0) is 31.4 Å². The SMILES string of the molecule is Cc1nc(CSc2ccccc2C(=O)N2CCN(C(=O)CCC3CCCCC3)CC2)cs1. The standard InChI is InChI=1S/C25H33N3O2S2/c1-19-26-21(17-31-19)18-32-23-10-6-5-9-22(23)25(30)28-15-13-27(14-16-28)24(29)12-11-20-7-3-2-4-8-20/h5-6,9-10,17,20H,2-4,7-8,11-16,18H2,1H3. The molecule has 1 aliphatic heterocycles. The molecule has 0 bridgehead atoms. The van der Waals surface area contributed by atoms with E-state index in [0.717, 1.165) is 39.3 Å². The maximum Gasteiger partial charge on any atom is 0.255 e. The van der Waals surface area contributed by atoms with Gasteiger partial charge in [-0.25, -0.2) is 4.98 Å². The van der Waals surface area contributed by atoms with Crippen LogP contribution in [0.2, 0.25) is 0 Å². The first-order valence-electron chi connectivity index (χ1n) is 11.8. The molecule has 0 radical (unpaired) electrons. The van der Waals surface area contributed by atoms with Crippen LogP contribution in [0.3, 0.4) is 0 Å². The van der Waals surface area contributed by atoms with Gasteiger partial charge in [0, 0.05) is 48.6 Å². The molecule has 2 fully saturated rings. The van der Waals surface area contributed by atoms with Gasteiger partial charge in [0.15, 0.2) is 0 Å². The fraction of sp³-hybridized carbons (Fsp3) is 0.560. The number of carbonyl (C=O) groups is 2. The van der Waals surface area contributed by atoms with Crippen LogP contribution in [0.5, 0.6) is 0 Å². The zero-order valence-corrected chi connectivity index (χ0v) is 20.6. The van der Waals surface area contributed by atoms with E-state index in [9.17, 15) is 9.59 Å². The summed E-state index contributed by atoms with van der Waals surface area (Å²) < 4.78 is 0. The zero-order valence-electron chi connectivity index (χ0n) is 18.9. The molecule has 1 aliphatic carbocycles. The Morgan fingerprint density at radius 1 is 1.06 bits per heavy atom. The van der Waals surface area contributed by atoms with Crippen LogP contribution in [0.1, 0.15) is 66.0 Å². The van der Waals surface area contributed by atoms with E-state index < -0.39 is 0 Å². The second-order valence-electron chi connectivity index (χ2n) is 8.86. The normalized spacial score (nSPS) is 17.5. The highest BCUT2D eigenvalue weighted by Crippen LogP contribution is 2.29. The van der Waals surface area contributed by atoms with Gasteiger partial charge in [-0.1, -0.05) is 44.2 Å². The van der Waals surface area contributed by atoms with Crippen molar-refractivity contribution in [3.8, 4) is 0 Å². The van der Waals surface area contributed by atoms with Crippen molar-refractivity contribution < 1.29 is 9.59 Å². The number of hydrogen-bond donors (Lipinski definition) is 0. The fourth-order valence-electron chi connectivity index (χ4n) is 4.69. The topological polar surface area (TPSA) is 53.5 Å². The molecule has 2 heterocycles. The maximum atomic E-state index is 13.2. The smallest absolute Gasteiger partial charge is 0.255 e. The molecule has 7 heteroatoms. The summed E-state index contributed by atoms with van der Waals surface area (Å²) >= 11 is 3.32. The average molecular weight is 472 g/mol. The predicted octanol–water partition coefficient (Wildman–Crippen LogP) is 5.39. The summed E-state index contributed by atoms with van der Waals surface area (Å²) in [6.07, 6.45) is 8.26. The number of amides is 2. The summed E-state index contributed by atoms with van der Waals surface area (Å²) in [5, 5.41) is 3.15. The monoisotopic (exact) mass is 471 g/mol. The zero-order chi connectivity index (χ0) is 22.3. The van der Waals surface area contributed by atoms with Crippen molar-refractivity contribution in [2.45, 2.75) is 62.5 Å². The van der Waals surface area contributed by atoms with Gasteiger partial charge in [0.2, 0.25) is 5.91 Å². The molecule has 2 amide bonds. The molecule has 1 saturated carbocycles. The summed E-state index contributed by atoms with van der Waals surface area (Å²) in [7, 11) is 0. The van der Waals surface area contributed by atoms with E-state index in [1.54, 1.807) is 23.1 Å². The van der Waals surface area contributed by atoms with Crippen molar-refractivity contribution in [3.63, 3.8) is 0 Å². The number of hydrogen-bond acceptors (Lipinski definition) is 5. The summed E-state index contributed by atoms with van der Waals surface area (Å²) in [6, 6.07) is 7.84. The minimum absolute atomic E-state index is 0.0665. The lowest BCUT2D eigenvalue weighted by Gasteiger charge is -2.35. The number of thiazole rings is 1. The van der Waals surface area contributed by atoms with Crippen LogP contribution in [0.4, 0.5) is 0 Å². The van der Waals surface area contributed by atoms with E-state index in [1.165, 1.54) is 32.1 Å².